The number of benzene rings is 2. The molecule has 0 aliphatic carbocycles. The maximum Gasteiger partial charge on any atom is 0.193 e. The predicted molar refractivity (Wildman–Crippen MR) is 86.3 cm³/mol. The molecule has 3 nitrogen and oxygen atoms in total. The van der Waals surface area contributed by atoms with Crippen molar-refractivity contribution in [1.29, 1.82) is 0 Å². The van der Waals surface area contributed by atoms with Crippen molar-refractivity contribution in [1.82, 2.24) is 0 Å². The molecule has 2 aromatic carbocycles. The normalized spacial score (nSPS) is 15.2. The van der Waals surface area contributed by atoms with E-state index in [9.17, 15) is 4.79 Å². The average Bonchev–Trinajstić information content (AvgIpc) is 2.48. The summed E-state index contributed by atoms with van der Waals surface area (Å²) >= 11 is 0. The fraction of sp³-hybridized carbons (Fsp3) is 0.278. The maximum absolute atomic E-state index is 12.3. The number of nitrogens with two attached hydrogens (primary N) is 2. The topological polar surface area (TPSA) is 69.1 Å². The molecule has 0 heterocycles. The Morgan fingerprint density at radius 3 is 2.10 bits per heavy atom. The van der Waals surface area contributed by atoms with Crippen LogP contribution in [-0.2, 0) is 6.42 Å². The number of ketones is 1. The van der Waals surface area contributed by atoms with E-state index in [1.165, 1.54) is 0 Å². The second kappa shape index (κ2) is 6.20. The molecule has 0 radical (unpaired) electrons. The first-order chi connectivity index (χ1) is 9.90. The van der Waals surface area contributed by atoms with Crippen molar-refractivity contribution in [2.75, 3.05) is 0 Å². The van der Waals surface area contributed by atoms with Gasteiger partial charge in [-0.15, -0.1) is 0 Å². The second-order valence-electron chi connectivity index (χ2n) is 5.86. The first-order valence-electron chi connectivity index (χ1n) is 7.13. The fourth-order valence-corrected chi connectivity index (χ4v) is 2.13. The van der Waals surface area contributed by atoms with Crippen LogP contribution in [0.5, 0.6) is 0 Å². The van der Waals surface area contributed by atoms with Gasteiger partial charge >= 0.3 is 0 Å². The molecule has 110 valence electrons. The van der Waals surface area contributed by atoms with E-state index in [0.717, 1.165) is 5.56 Å². The van der Waals surface area contributed by atoms with Gasteiger partial charge in [-0.2, -0.15) is 0 Å². The molecule has 0 aromatic heterocycles. The molecule has 0 spiro atoms. The van der Waals surface area contributed by atoms with Crippen LogP contribution >= 0.6 is 0 Å². The van der Waals surface area contributed by atoms with Gasteiger partial charge in [0, 0.05) is 22.7 Å². The highest BCUT2D eigenvalue weighted by Crippen LogP contribution is 2.16. The van der Waals surface area contributed by atoms with Crippen LogP contribution in [0.2, 0.25) is 0 Å². The minimum Gasteiger partial charge on any atom is -0.326 e. The molecule has 4 N–H and O–H groups in total. The van der Waals surface area contributed by atoms with Crippen LogP contribution in [0.4, 0.5) is 0 Å². The van der Waals surface area contributed by atoms with Crippen LogP contribution in [-0.4, -0.2) is 17.4 Å². The van der Waals surface area contributed by atoms with Gasteiger partial charge < -0.3 is 11.5 Å². The zero-order chi connectivity index (χ0) is 15.5. The van der Waals surface area contributed by atoms with E-state index >= 15 is 0 Å². The Kier molecular flexibility index (Phi) is 4.56. The molecule has 0 fully saturated rings. The van der Waals surface area contributed by atoms with Crippen molar-refractivity contribution in [2.24, 2.45) is 11.5 Å². The van der Waals surface area contributed by atoms with Gasteiger partial charge in [0.15, 0.2) is 5.78 Å². The zero-order valence-corrected chi connectivity index (χ0v) is 12.5. The minimum absolute atomic E-state index is 0.0323. The minimum atomic E-state index is -0.453. The van der Waals surface area contributed by atoms with Gasteiger partial charge in [0.1, 0.15) is 0 Å². The lowest BCUT2D eigenvalue weighted by Gasteiger charge is -2.29. The number of hydrogen-bond donors (Lipinski definition) is 2. The van der Waals surface area contributed by atoms with E-state index < -0.39 is 5.54 Å². The third kappa shape index (κ3) is 3.78. The third-order valence-electron chi connectivity index (χ3n) is 3.88. The molecule has 21 heavy (non-hydrogen) atoms. The van der Waals surface area contributed by atoms with Crippen LogP contribution in [0, 0.1) is 0 Å². The van der Waals surface area contributed by atoms with Crippen LogP contribution < -0.4 is 11.5 Å². The average molecular weight is 282 g/mol. The zero-order valence-electron chi connectivity index (χ0n) is 12.5. The highest BCUT2D eigenvalue weighted by Gasteiger charge is 2.23. The van der Waals surface area contributed by atoms with E-state index in [1.807, 2.05) is 68.4 Å². The highest BCUT2D eigenvalue weighted by atomic mass is 16.1. The summed E-state index contributed by atoms with van der Waals surface area (Å²) in [5.41, 5.74) is 14.1. The molecular formula is C18H22N2O. The summed E-state index contributed by atoms with van der Waals surface area (Å²) in [5, 5.41) is 0. The molecular weight excluding hydrogens is 260 g/mol. The molecule has 0 aliphatic rings. The Balaban J connectivity index is 2.14. The van der Waals surface area contributed by atoms with Gasteiger partial charge in [0.25, 0.3) is 0 Å². The molecule has 2 rings (SSSR count). The van der Waals surface area contributed by atoms with Gasteiger partial charge in [-0.05, 0) is 25.8 Å². The van der Waals surface area contributed by atoms with Gasteiger partial charge in [0.05, 0.1) is 0 Å². The fourth-order valence-electron chi connectivity index (χ4n) is 2.13. The van der Waals surface area contributed by atoms with Gasteiger partial charge in [-0.25, -0.2) is 0 Å². The summed E-state index contributed by atoms with van der Waals surface area (Å²) in [5.74, 6) is 0.0323. The molecule has 0 saturated carbocycles. The number of rotatable bonds is 5. The standard InChI is InChI=1S/C18H22N2O/c1-13(19)18(2,20)12-14-8-10-16(11-9-14)17(21)15-6-4-3-5-7-15/h3-11,13H,12,19-20H2,1-2H3. The SMILES string of the molecule is CC(N)C(C)(N)Cc1ccc(C(=O)c2ccccc2)cc1. The molecule has 0 aliphatic heterocycles. The number of carbonyl (C=O) groups is 1. The number of carbonyl (C=O) groups excluding carboxylic acids is 1. The summed E-state index contributed by atoms with van der Waals surface area (Å²) < 4.78 is 0. The number of hydrogen-bond acceptors (Lipinski definition) is 3. The summed E-state index contributed by atoms with van der Waals surface area (Å²) in [6, 6.07) is 16.8. The Bertz CT molecular complexity index is 601. The highest BCUT2D eigenvalue weighted by molar-refractivity contribution is 6.08. The molecule has 0 bridgehead atoms. The molecule has 0 amide bonds. The summed E-state index contributed by atoms with van der Waals surface area (Å²) in [6.07, 6.45) is 0.685. The summed E-state index contributed by atoms with van der Waals surface area (Å²) in [4.78, 5) is 12.3. The lowest BCUT2D eigenvalue weighted by atomic mass is 9.87. The summed E-state index contributed by atoms with van der Waals surface area (Å²) in [7, 11) is 0. The summed E-state index contributed by atoms with van der Waals surface area (Å²) in [6.45, 7) is 3.86. The Morgan fingerprint density at radius 2 is 1.57 bits per heavy atom. The van der Waals surface area contributed by atoms with Crippen molar-refractivity contribution < 1.29 is 4.79 Å². The van der Waals surface area contributed by atoms with Gasteiger partial charge in [-0.3, -0.25) is 4.79 Å². The van der Waals surface area contributed by atoms with Crippen LogP contribution in [0.3, 0.4) is 0 Å². The molecule has 2 aromatic rings. The van der Waals surface area contributed by atoms with E-state index in [4.69, 9.17) is 11.5 Å². The van der Waals surface area contributed by atoms with Crippen LogP contribution in [0.15, 0.2) is 54.6 Å². The predicted octanol–water partition coefficient (Wildman–Crippen LogP) is 2.52. The van der Waals surface area contributed by atoms with Crippen molar-refractivity contribution in [3.63, 3.8) is 0 Å². The monoisotopic (exact) mass is 282 g/mol. The Labute approximate surface area is 126 Å². The van der Waals surface area contributed by atoms with Gasteiger partial charge in [0.2, 0.25) is 0 Å². The van der Waals surface area contributed by atoms with Gasteiger partial charge in [-0.1, -0.05) is 54.6 Å². The smallest absolute Gasteiger partial charge is 0.193 e. The third-order valence-corrected chi connectivity index (χ3v) is 3.88. The lowest BCUT2D eigenvalue weighted by molar-refractivity contribution is 0.103. The van der Waals surface area contributed by atoms with E-state index in [1.54, 1.807) is 0 Å². The molecule has 2 atom stereocenters. The van der Waals surface area contributed by atoms with Crippen molar-refractivity contribution in [3.05, 3.63) is 71.3 Å². The molecule has 0 saturated heterocycles. The first kappa shape index (κ1) is 15.4. The Morgan fingerprint density at radius 1 is 1.05 bits per heavy atom. The van der Waals surface area contributed by atoms with Crippen molar-refractivity contribution in [3.8, 4) is 0 Å². The second-order valence-corrected chi connectivity index (χ2v) is 5.86. The largest absolute Gasteiger partial charge is 0.326 e. The van der Waals surface area contributed by atoms with Crippen LogP contribution in [0.1, 0.15) is 35.3 Å². The molecule has 2 unspecified atom stereocenters. The molecule has 3 heteroatoms. The maximum atomic E-state index is 12.3. The quantitative estimate of drug-likeness (QED) is 0.828. The lowest BCUT2D eigenvalue weighted by Crippen LogP contribution is -2.52. The van der Waals surface area contributed by atoms with E-state index in [-0.39, 0.29) is 11.8 Å². The van der Waals surface area contributed by atoms with E-state index in [2.05, 4.69) is 0 Å². The van der Waals surface area contributed by atoms with Crippen LogP contribution in [0.25, 0.3) is 0 Å². The van der Waals surface area contributed by atoms with Crippen molar-refractivity contribution in [2.45, 2.75) is 31.8 Å². The Hall–Kier alpha value is -1.97. The van der Waals surface area contributed by atoms with Crippen molar-refractivity contribution >= 4 is 5.78 Å². The van der Waals surface area contributed by atoms with E-state index in [0.29, 0.717) is 17.5 Å². The first-order valence-corrected chi connectivity index (χ1v) is 7.13.